The van der Waals surface area contributed by atoms with Crippen molar-refractivity contribution in [1.82, 2.24) is 4.98 Å². The smallest absolute Gasteiger partial charge is 0.213 e. The fourth-order valence-electron chi connectivity index (χ4n) is 2.07. The van der Waals surface area contributed by atoms with E-state index in [9.17, 15) is 4.39 Å². The molecule has 0 unspecified atom stereocenters. The Bertz CT molecular complexity index is 721. The van der Waals surface area contributed by atoms with Crippen LogP contribution in [0.3, 0.4) is 0 Å². The minimum atomic E-state index is -0.480. The molecule has 0 aliphatic carbocycles. The Kier molecular flexibility index (Phi) is 10.2. The molecule has 0 bridgehead atoms. The summed E-state index contributed by atoms with van der Waals surface area (Å²) in [5, 5.41) is 11.1. The van der Waals surface area contributed by atoms with Gasteiger partial charge in [-0.05, 0) is 23.8 Å². The summed E-state index contributed by atoms with van der Waals surface area (Å²) in [4.78, 5) is 4.20. The summed E-state index contributed by atoms with van der Waals surface area (Å²) in [5.74, 6) is 0.502. The van der Waals surface area contributed by atoms with Crippen LogP contribution >= 0.6 is 0 Å². The van der Waals surface area contributed by atoms with Crippen LogP contribution in [0.15, 0.2) is 52.8 Å². The van der Waals surface area contributed by atoms with Gasteiger partial charge in [0.15, 0.2) is 0 Å². The Labute approximate surface area is 164 Å². The van der Waals surface area contributed by atoms with Gasteiger partial charge in [-0.2, -0.15) is 10.2 Å². The van der Waals surface area contributed by atoms with Crippen LogP contribution in [0.25, 0.3) is 0 Å². The normalized spacial score (nSPS) is 11.4. The molecular weight excluding hydrogens is 363 g/mol. The standard InChI is InChI=1S/C20H25FN4O3/c1-22-19-5-2-17(3-6-19)15-24-25-16-18-4-7-20(23-14-18)28-13-12-27-11-10-26-9-8-21/h2-7,14-16,22H,8-13H2,1H3/b24-15+,25-16+. The van der Waals surface area contributed by atoms with Gasteiger partial charge in [-0.15, -0.1) is 0 Å². The van der Waals surface area contributed by atoms with Crippen LogP contribution in [0.1, 0.15) is 11.1 Å². The molecule has 2 aromatic rings. The van der Waals surface area contributed by atoms with E-state index < -0.39 is 6.67 Å². The Morgan fingerprint density at radius 1 is 0.893 bits per heavy atom. The zero-order valence-corrected chi connectivity index (χ0v) is 15.9. The predicted molar refractivity (Wildman–Crippen MR) is 109 cm³/mol. The zero-order valence-electron chi connectivity index (χ0n) is 15.9. The van der Waals surface area contributed by atoms with Gasteiger partial charge in [-0.1, -0.05) is 12.1 Å². The number of hydrogen-bond acceptors (Lipinski definition) is 7. The number of rotatable bonds is 13. The molecule has 0 saturated heterocycles. The molecule has 0 spiro atoms. The van der Waals surface area contributed by atoms with Crippen LogP contribution in [-0.4, -0.2) is 64.2 Å². The molecule has 1 N–H and O–H groups in total. The van der Waals surface area contributed by atoms with E-state index >= 15 is 0 Å². The first-order valence-electron chi connectivity index (χ1n) is 8.96. The quantitative estimate of drug-likeness (QED) is 0.324. The first kappa shape index (κ1) is 21.5. The lowest BCUT2D eigenvalue weighted by molar-refractivity contribution is 0.0320. The largest absolute Gasteiger partial charge is 0.475 e. The molecule has 1 aromatic carbocycles. The minimum absolute atomic E-state index is 0.106. The van der Waals surface area contributed by atoms with Gasteiger partial charge >= 0.3 is 0 Å². The summed E-state index contributed by atoms with van der Waals surface area (Å²) in [7, 11) is 1.88. The van der Waals surface area contributed by atoms with Crippen molar-refractivity contribution in [2.45, 2.75) is 0 Å². The van der Waals surface area contributed by atoms with Gasteiger partial charge in [0.05, 0.1) is 38.9 Å². The van der Waals surface area contributed by atoms with Gasteiger partial charge in [0, 0.05) is 30.6 Å². The van der Waals surface area contributed by atoms with Crippen molar-refractivity contribution in [3.63, 3.8) is 0 Å². The molecule has 0 aliphatic rings. The summed E-state index contributed by atoms with van der Waals surface area (Å²) >= 11 is 0. The van der Waals surface area contributed by atoms with E-state index in [1.54, 1.807) is 24.7 Å². The van der Waals surface area contributed by atoms with Crippen molar-refractivity contribution in [1.29, 1.82) is 0 Å². The third-order valence-electron chi connectivity index (χ3n) is 3.51. The van der Waals surface area contributed by atoms with Crippen LogP contribution in [0.4, 0.5) is 10.1 Å². The number of nitrogens with zero attached hydrogens (tertiary/aromatic N) is 3. The second-order valence-electron chi connectivity index (χ2n) is 5.55. The fraction of sp³-hybridized carbons (Fsp3) is 0.350. The predicted octanol–water partition coefficient (Wildman–Crippen LogP) is 2.96. The molecule has 0 radical (unpaired) electrons. The summed E-state index contributed by atoms with van der Waals surface area (Å²) in [5.41, 5.74) is 2.83. The van der Waals surface area contributed by atoms with E-state index in [2.05, 4.69) is 20.5 Å². The Hall–Kier alpha value is -2.84. The summed E-state index contributed by atoms with van der Waals surface area (Å²) in [6, 6.07) is 11.5. The third-order valence-corrected chi connectivity index (χ3v) is 3.51. The van der Waals surface area contributed by atoms with Gasteiger partial charge in [0.1, 0.15) is 13.3 Å². The molecule has 0 fully saturated rings. The van der Waals surface area contributed by atoms with Crippen LogP contribution in [0.2, 0.25) is 0 Å². The number of alkyl halides is 1. The van der Waals surface area contributed by atoms with E-state index in [-0.39, 0.29) is 6.61 Å². The zero-order chi connectivity index (χ0) is 19.9. The molecule has 28 heavy (non-hydrogen) atoms. The number of hydrogen-bond donors (Lipinski definition) is 1. The van der Waals surface area contributed by atoms with Crippen LogP contribution < -0.4 is 10.1 Å². The number of halogens is 1. The van der Waals surface area contributed by atoms with Gasteiger partial charge in [-0.3, -0.25) is 0 Å². The van der Waals surface area contributed by atoms with Gasteiger partial charge < -0.3 is 19.5 Å². The highest BCUT2D eigenvalue weighted by molar-refractivity contribution is 5.82. The highest BCUT2D eigenvalue weighted by Gasteiger charge is 1.96. The number of anilines is 1. The lowest BCUT2D eigenvalue weighted by atomic mass is 10.2. The maximum absolute atomic E-state index is 11.8. The van der Waals surface area contributed by atoms with Crippen molar-refractivity contribution >= 4 is 18.1 Å². The molecule has 0 atom stereocenters. The first-order chi connectivity index (χ1) is 13.8. The van der Waals surface area contributed by atoms with Gasteiger partial charge in [0.25, 0.3) is 0 Å². The molecule has 1 heterocycles. The molecule has 8 heteroatoms. The molecule has 1 aromatic heterocycles. The Morgan fingerprint density at radius 2 is 1.54 bits per heavy atom. The van der Waals surface area contributed by atoms with Crippen molar-refractivity contribution < 1.29 is 18.6 Å². The SMILES string of the molecule is CNc1ccc(/C=N/N=C/c2ccc(OCCOCCOCCF)nc2)cc1. The van der Waals surface area contributed by atoms with E-state index in [4.69, 9.17) is 14.2 Å². The minimum Gasteiger partial charge on any atom is -0.475 e. The van der Waals surface area contributed by atoms with Crippen molar-refractivity contribution in [3.8, 4) is 5.88 Å². The average molecular weight is 388 g/mol. The molecule has 2 rings (SSSR count). The maximum Gasteiger partial charge on any atom is 0.213 e. The topological polar surface area (TPSA) is 77.3 Å². The Morgan fingerprint density at radius 3 is 2.18 bits per heavy atom. The molecule has 150 valence electrons. The summed E-state index contributed by atoms with van der Waals surface area (Å²) in [6.07, 6.45) is 4.96. The number of nitrogens with one attached hydrogen (secondary N) is 1. The molecule has 0 saturated carbocycles. The van der Waals surface area contributed by atoms with Crippen LogP contribution in [0.5, 0.6) is 5.88 Å². The third kappa shape index (κ3) is 8.70. The van der Waals surface area contributed by atoms with E-state index in [0.29, 0.717) is 32.3 Å². The van der Waals surface area contributed by atoms with Crippen LogP contribution in [0, 0.1) is 0 Å². The maximum atomic E-state index is 11.8. The van der Waals surface area contributed by atoms with Crippen molar-refractivity contribution in [2.24, 2.45) is 10.2 Å². The lowest BCUT2D eigenvalue weighted by Crippen LogP contribution is -2.11. The lowest BCUT2D eigenvalue weighted by Gasteiger charge is -2.06. The summed E-state index contributed by atoms with van der Waals surface area (Å²) in [6.45, 7) is 1.20. The fourth-order valence-corrected chi connectivity index (χ4v) is 2.07. The molecular formula is C20H25FN4O3. The highest BCUT2D eigenvalue weighted by Crippen LogP contribution is 2.07. The van der Waals surface area contributed by atoms with E-state index in [0.717, 1.165) is 16.8 Å². The van der Waals surface area contributed by atoms with Crippen LogP contribution in [-0.2, 0) is 9.47 Å². The van der Waals surface area contributed by atoms with Crippen molar-refractivity contribution in [2.75, 3.05) is 52.1 Å². The summed E-state index contributed by atoms with van der Waals surface area (Å²) < 4.78 is 27.5. The molecule has 0 amide bonds. The second kappa shape index (κ2) is 13.3. The number of benzene rings is 1. The molecule has 7 nitrogen and oxygen atoms in total. The second-order valence-corrected chi connectivity index (χ2v) is 5.55. The van der Waals surface area contributed by atoms with E-state index in [1.165, 1.54) is 0 Å². The average Bonchev–Trinajstić information content (AvgIpc) is 2.74. The number of aromatic nitrogens is 1. The Balaban J connectivity index is 1.66. The highest BCUT2D eigenvalue weighted by atomic mass is 19.1. The van der Waals surface area contributed by atoms with E-state index in [1.807, 2.05) is 37.4 Å². The molecule has 0 aliphatic heterocycles. The monoisotopic (exact) mass is 388 g/mol. The van der Waals surface area contributed by atoms with Crippen molar-refractivity contribution in [3.05, 3.63) is 53.7 Å². The number of pyridine rings is 1. The first-order valence-corrected chi connectivity index (χ1v) is 8.96. The van der Waals surface area contributed by atoms with Gasteiger partial charge in [0.2, 0.25) is 5.88 Å². The van der Waals surface area contributed by atoms with Gasteiger partial charge in [-0.25, -0.2) is 9.37 Å². The number of ether oxygens (including phenoxy) is 3.